The molecular weight excluding hydrogens is 438 g/mol. The number of carbonyl (C=O) groups excluding carboxylic acids is 1. The highest BCUT2D eigenvalue weighted by Gasteiger charge is 2.26. The maximum atomic E-state index is 13.0. The SMILES string of the molecule is CCCCC(CC)COC(=O)C(CC)Cc1cc(-n2nc3ccccc3n2)c(O)c(C(C)(C)C)c1. The Morgan fingerprint density at radius 1 is 1.06 bits per heavy atom. The molecular formula is C29H41N3O3. The summed E-state index contributed by atoms with van der Waals surface area (Å²) in [6.07, 6.45) is 5.66. The van der Waals surface area contributed by atoms with Gasteiger partial charge in [0.05, 0.1) is 12.5 Å². The number of rotatable bonds is 11. The van der Waals surface area contributed by atoms with Gasteiger partial charge in [-0.15, -0.1) is 15.0 Å². The van der Waals surface area contributed by atoms with Gasteiger partial charge in [-0.1, -0.05) is 79.0 Å². The molecule has 2 unspecified atom stereocenters. The molecule has 2 aromatic carbocycles. The number of phenolic OH excluding ortho intramolecular Hbond substituents is 1. The molecule has 6 heteroatoms. The van der Waals surface area contributed by atoms with Gasteiger partial charge in [-0.2, -0.15) is 0 Å². The molecule has 0 fully saturated rings. The largest absolute Gasteiger partial charge is 0.505 e. The number of esters is 1. The average molecular weight is 480 g/mol. The van der Waals surface area contributed by atoms with Crippen molar-refractivity contribution in [3.8, 4) is 11.4 Å². The third kappa shape index (κ3) is 6.62. The number of fused-ring (bicyclic) bond motifs is 1. The minimum atomic E-state index is -0.294. The Hall–Kier alpha value is -2.89. The smallest absolute Gasteiger partial charge is 0.309 e. The van der Waals surface area contributed by atoms with Gasteiger partial charge in [0, 0.05) is 5.56 Å². The summed E-state index contributed by atoms with van der Waals surface area (Å²) in [6.45, 7) is 13.0. The Morgan fingerprint density at radius 3 is 2.26 bits per heavy atom. The van der Waals surface area contributed by atoms with E-state index in [-0.39, 0.29) is 23.1 Å². The van der Waals surface area contributed by atoms with E-state index in [1.54, 1.807) is 0 Å². The van der Waals surface area contributed by atoms with E-state index in [1.165, 1.54) is 4.80 Å². The number of aromatic hydroxyl groups is 1. The number of hydrogen-bond acceptors (Lipinski definition) is 5. The number of phenols is 1. The van der Waals surface area contributed by atoms with Crippen molar-refractivity contribution in [1.82, 2.24) is 15.0 Å². The quantitative estimate of drug-likeness (QED) is 0.308. The number of aromatic nitrogens is 3. The number of hydrogen-bond donors (Lipinski definition) is 1. The van der Waals surface area contributed by atoms with Gasteiger partial charge in [-0.05, 0) is 54.4 Å². The zero-order valence-electron chi connectivity index (χ0n) is 22.2. The summed E-state index contributed by atoms with van der Waals surface area (Å²) >= 11 is 0. The van der Waals surface area contributed by atoms with Crippen LogP contribution in [0.5, 0.6) is 5.75 Å². The molecule has 0 saturated carbocycles. The van der Waals surface area contributed by atoms with E-state index in [2.05, 4.69) is 44.8 Å². The summed E-state index contributed by atoms with van der Waals surface area (Å²) in [5, 5.41) is 20.3. The van der Waals surface area contributed by atoms with Crippen molar-refractivity contribution in [2.45, 2.75) is 85.5 Å². The summed E-state index contributed by atoms with van der Waals surface area (Å²) < 4.78 is 5.78. The van der Waals surface area contributed by atoms with E-state index in [1.807, 2.05) is 43.3 Å². The third-order valence-electron chi connectivity index (χ3n) is 6.77. The van der Waals surface area contributed by atoms with Crippen molar-refractivity contribution in [2.24, 2.45) is 11.8 Å². The lowest BCUT2D eigenvalue weighted by Gasteiger charge is -2.24. The Bertz CT molecular complexity index is 1100. The Morgan fingerprint density at radius 2 is 1.71 bits per heavy atom. The molecule has 0 amide bonds. The first-order chi connectivity index (χ1) is 16.7. The van der Waals surface area contributed by atoms with Crippen molar-refractivity contribution in [2.75, 3.05) is 6.61 Å². The first-order valence-electron chi connectivity index (χ1n) is 13.0. The topological polar surface area (TPSA) is 77.2 Å². The second-order valence-corrected chi connectivity index (χ2v) is 10.6. The average Bonchev–Trinajstić information content (AvgIpc) is 3.26. The second kappa shape index (κ2) is 11.7. The van der Waals surface area contributed by atoms with Crippen LogP contribution in [-0.2, 0) is 21.4 Å². The molecule has 3 rings (SSSR count). The van der Waals surface area contributed by atoms with Crippen LogP contribution in [0.3, 0.4) is 0 Å². The molecule has 3 aromatic rings. The molecule has 0 aliphatic heterocycles. The zero-order valence-corrected chi connectivity index (χ0v) is 22.2. The Labute approximate surface area is 209 Å². The van der Waals surface area contributed by atoms with Gasteiger partial charge >= 0.3 is 5.97 Å². The van der Waals surface area contributed by atoms with E-state index >= 15 is 0 Å². The van der Waals surface area contributed by atoms with Crippen molar-refractivity contribution < 1.29 is 14.6 Å². The van der Waals surface area contributed by atoms with Gasteiger partial charge in [-0.25, -0.2) is 0 Å². The monoisotopic (exact) mass is 479 g/mol. The fraction of sp³-hybridized carbons (Fsp3) is 0.552. The maximum absolute atomic E-state index is 13.0. The standard InChI is InChI=1S/C29H41N3O3/c1-7-10-13-20(8-2)19-35-28(34)22(9-3)16-21-17-23(29(4,5)6)27(33)26(18-21)32-30-24-14-11-12-15-25(24)31-32/h11-12,14-15,17-18,20,22,33H,7-10,13,16,19H2,1-6H3. The molecule has 1 N–H and O–H groups in total. The van der Waals surface area contributed by atoms with E-state index in [4.69, 9.17) is 4.74 Å². The van der Waals surface area contributed by atoms with Crippen molar-refractivity contribution >= 4 is 17.0 Å². The van der Waals surface area contributed by atoms with Crippen molar-refractivity contribution in [3.05, 3.63) is 47.5 Å². The van der Waals surface area contributed by atoms with Crippen LogP contribution in [0.2, 0.25) is 0 Å². The third-order valence-corrected chi connectivity index (χ3v) is 6.77. The van der Waals surface area contributed by atoms with Gasteiger partial charge < -0.3 is 9.84 Å². The number of ether oxygens (including phenoxy) is 1. The predicted molar refractivity (Wildman–Crippen MR) is 141 cm³/mol. The number of carbonyl (C=O) groups is 1. The lowest BCUT2D eigenvalue weighted by Crippen LogP contribution is -2.23. The van der Waals surface area contributed by atoms with Gasteiger partial charge in [-0.3, -0.25) is 4.79 Å². The fourth-order valence-electron chi connectivity index (χ4n) is 4.38. The molecule has 0 aliphatic carbocycles. The molecule has 1 aromatic heterocycles. The van der Waals surface area contributed by atoms with E-state index in [9.17, 15) is 9.90 Å². The van der Waals surface area contributed by atoms with Crippen LogP contribution in [0.25, 0.3) is 16.7 Å². The van der Waals surface area contributed by atoms with Crippen molar-refractivity contribution in [3.63, 3.8) is 0 Å². The Balaban J connectivity index is 1.88. The molecule has 0 bridgehead atoms. The first kappa shape index (κ1) is 26.7. The zero-order chi connectivity index (χ0) is 25.6. The van der Waals surface area contributed by atoms with E-state index < -0.39 is 0 Å². The lowest BCUT2D eigenvalue weighted by atomic mass is 9.83. The summed E-state index contributed by atoms with van der Waals surface area (Å²) in [7, 11) is 0. The predicted octanol–water partition coefficient (Wildman–Crippen LogP) is 6.75. The van der Waals surface area contributed by atoms with Crippen LogP contribution >= 0.6 is 0 Å². The molecule has 0 saturated heterocycles. The normalized spacial score (nSPS) is 13.7. The molecule has 0 aliphatic rings. The molecule has 6 nitrogen and oxygen atoms in total. The summed E-state index contributed by atoms with van der Waals surface area (Å²) in [6, 6.07) is 11.5. The highest BCUT2D eigenvalue weighted by Crippen LogP contribution is 2.37. The maximum Gasteiger partial charge on any atom is 0.309 e. The highest BCUT2D eigenvalue weighted by molar-refractivity contribution is 5.74. The van der Waals surface area contributed by atoms with Crippen LogP contribution in [0.15, 0.2) is 36.4 Å². The molecule has 0 radical (unpaired) electrons. The van der Waals surface area contributed by atoms with E-state index in [0.29, 0.717) is 31.1 Å². The number of benzene rings is 2. The van der Waals surface area contributed by atoms with Gasteiger partial charge in [0.15, 0.2) is 0 Å². The summed E-state index contributed by atoms with van der Waals surface area (Å²) in [5.41, 5.74) is 3.52. The molecule has 190 valence electrons. The number of nitrogens with zero attached hydrogens (tertiary/aromatic N) is 3. The van der Waals surface area contributed by atoms with Crippen LogP contribution < -0.4 is 0 Å². The lowest BCUT2D eigenvalue weighted by molar-refractivity contribution is -0.150. The minimum absolute atomic E-state index is 0.141. The van der Waals surface area contributed by atoms with E-state index in [0.717, 1.165) is 47.8 Å². The number of unbranched alkanes of at least 4 members (excludes halogenated alkanes) is 1. The fourth-order valence-corrected chi connectivity index (χ4v) is 4.38. The molecule has 35 heavy (non-hydrogen) atoms. The first-order valence-corrected chi connectivity index (χ1v) is 13.0. The van der Waals surface area contributed by atoms with Crippen LogP contribution in [-0.4, -0.2) is 32.7 Å². The van der Waals surface area contributed by atoms with Gasteiger partial charge in [0.1, 0.15) is 22.5 Å². The van der Waals surface area contributed by atoms with Crippen LogP contribution in [0.4, 0.5) is 0 Å². The van der Waals surface area contributed by atoms with Gasteiger partial charge in [0.25, 0.3) is 0 Å². The summed E-state index contributed by atoms with van der Waals surface area (Å²) in [4.78, 5) is 14.5. The second-order valence-electron chi connectivity index (χ2n) is 10.6. The molecule has 0 spiro atoms. The Kier molecular flexibility index (Phi) is 8.92. The molecule has 2 atom stereocenters. The van der Waals surface area contributed by atoms with Crippen LogP contribution in [0, 0.1) is 11.8 Å². The molecule has 1 heterocycles. The van der Waals surface area contributed by atoms with Crippen molar-refractivity contribution in [1.29, 1.82) is 0 Å². The highest BCUT2D eigenvalue weighted by atomic mass is 16.5. The minimum Gasteiger partial charge on any atom is -0.505 e. The van der Waals surface area contributed by atoms with Crippen LogP contribution in [0.1, 0.15) is 84.8 Å². The summed E-state index contributed by atoms with van der Waals surface area (Å²) in [5.74, 6) is 0.203. The van der Waals surface area contributed by atoms with Gasteiger partial charge in [0.2, 0.25) is 0 Å².